The molecule has 0 atom stereocenters. The summed E-state index contributed by atoms with van der Waals surface area (Å²) in [4.78, 5) is 11.3. The van der Waals surface area contributed by atoms with Crippen molar-refractivity contribution in [2.24, 2.45) is 0 Å². The van der Waals surface area contributed by atoms with Gasteiger partial charge in [-0.25, -0.2) is 9.67 Å². The van der Waals surface area contributed by atoms with E-state index in [1.165, 1.54) is 19.3 Å². The number of hydrogen-bond acceptors (Lipinski definition) is 5. The van der Waals surface area contributed by atoms with E-state index in [1.54, 1.807) is 10.9 Å². The molecule has 25 heavy (non-hydrogen) atoms. The molecule has 1 saturated carbocycles. The van der Waals surface area contributed by atoms with E-state index in [4.69, 9.17) is 9.72 Å². The van der Waals surface area contributed by atoms with Crippen LogP contribution >= 0.6 is 0 Å². The molecule has 0 saturated heterocycles. The summed E-state index contributed by atoms with van der Waals surface area (Å²) in [6.45, 7) is 0. The van der Waals surface area contributed by atoms with Crippen molar-refractivity contribution >= 4 is 16.7 Å². The zero-order chi connectivity index (χ0) is 17.2. The first-order valence-corrected chi connectivity index (χ1v) is 8.86. The molecule has 6 nitrogen and oxygen atoms in total. The van der Waals surface area contributed by atoms with Crippen molar-refractivity contribution < 1.29 is 4.74 Å². The average Bonchev–Trinajstić information content (AvgIpc) is 3.16. The summed E-state index contributed by atoms with van der Waals surface area (Å²) in [5.41, 5.74) is 0.889. The van der Waals surface area contributed by atoms with E-state index in [-0.39, 0.29) is 0 Å². The van der Waals surface area contributed by atoms with Crippen LogP contribution in [0.25, 0.3) is 16.9 Å². The first-order valence-electron chi connectivity index (χ1n) is 8.86. The minimum absolute atomic E-state index is 0.332. The van der Waals surface area contributed by atoms with Gasteiger partial charge in [0.25, 0.3) is 5.95 Å². The van der Waals surface area contributed by atoms with Crippen LogP contribution in [-0.4, -0.2) is 39.9 Å². The Morgan fingerprint density at radius 2 is 1.96 bits per heavy atom. The number of anilines is 1. The summed E-state index contributed by atoms with van der Waals surface area (Å²) >= 11 is 0. The van der Waals surface area contributed by atoms with Gasteiger partial charge in [-0.1, -0.05) is 6.42 Å². The van der Waals surface area contributed by atoms with Gasteiger partial charge in [-0.15, -0.1) is 0 Å². The maximum atomic E-state index is 6.21. The predicted molar refractivity (Wildman–Crippen MR) is 98.5 cm³/mol. The molecule has 0 amide bonds. The lowest BCUT2D eigenvalue weighted by Crippen LogP contribution is -2.19. The highest BCUT2D eigenvalue weighted by Crippen LogP contribution is 2.30. The molecule has 1 aliphatic carbocycles. The zero-order valence-corrected chi connectivity index (χ0v) is 14.7. The Morgan fingerprint density at radius 1 is 1.12 bits per heavy atom. The highest BCUT2D eigenvalue weighted by atomic mass is 16.5. The molecule has 2 heterocycles. The Labute approximate surface area is 147 Å². The highest BCUT2D eigenvalue weighted by Gasteiger charge is 2.16. The van der Waals surface area contributed by atoms with E-state index in [1.807, 2.05) is 43.4 Å². The predicted octanol–water partition coefficient (Wildman–Crippen LogP) is 3.59. The molecule has 0 spiro atoms. The fourth-order valence-electron chi connectivity index (χ4n) is 3.36. The van der Waals surface area contributed by atoms with Crippen LogP contribution in [0.2, 0.25) is 0 Å². The summed E-state index contributed by atoms with van der Waals surface area (Å²) in [6, 6.07) is 7.95. The standard InChI is InChI=1S/C19H23N5O/c1-23(2)18-16-13-15(25-14-7-4-3-5-8-14)9-10-17(16)21-19(22-18)24-12-6-11-20-24/h6,9-14H,3-5,7-8H2,1-2H3. The second kappa shape index (κ2) is 6.70. The minimum atomic E-state index is 0.332. The number of fused-ring (bicyclic) bond motifs is 1. The third kappa shape index (κ3) is 3.29. The molecular formula is C19H23N5O. The van der Waals surface area contributed by atoms with Crippen molar-refractivity contribution in [2.45, 2.75) is 38.2 Å². The Morgan fingerprint density at radius 3 is 2.68 bits per heavy atom. The van der Waals surface area contributed by atoms with E-state index in [2.05, 4.69) is 16.1 Å². The summed E-state index contributed by atoms with van der Waals surface area (Å²) in [5, 5.41) is 5.23. The van der Waals surface area contributed by atoms with Crippen molar-refractivity contribution in [3.8, 4) is 11.7 Å². The molecule has 0 N–H and O–H groups in total. The van der Waals surface area contributed by atoms with E-state index in [9.17, 15) is 0 Å². The fraction of sp³-hybridized carbons (Fsp3) is 0.421. The van der Waals surface area contributed by atoms with E-state index in [0.29, 0.717) is 12.1 Å². The Kier molecular flexibility index (Phi) is 4.26. The molecule has 1 aromatic carbocycles. The maximum absolute atomic E-state index is 6.21. The molecule has 6 heteroatoms. The average molecular weight is 337 g/mol. The SMILES string of the molecule is CN(C)c1nc(-n2cccn2)nc2ccc(OC3CCCCC3)cc12. The lowest BCUT2D eigenvalue weighted by molar-refractivity contribution is 0.155. The molecule has 1 fully saturated rings. The van der Waals surface area contributed by atoms with Crippen LogP contribution in [0.1, 0.15) is 32.1 Å². The number of ether oxygens (including phenoxy) is 1. The molecule has 0 aliphatic heterocycles. The third-order valence-electron chi connectivity index (χ3n) is 4.62. The van der Waals surface area contributed by atoms with Gasteiger partial charge in [0, 0.05) is 31.9 Å². The first-order chi connectivity index (χ1) is 12.2. The maximum Gasteiger partial charge on any atom is 0.253 e. The van der Waals surface area contributed by atoms with Crippen LogP contribution in [0.3, 0.4) is 0 Å². The first kappa shape index (κ1) is 15.9. The van der Waals surface area contributed by atoms with E-state index < -0.39 is 0 Å². The molecule has 130 valence electrons. The topological polar surface area (TPSA) is 56.1 Å². The monoisotopic (exact) mass is 337 g/mol. The quantitative estimate of drug-likeness (QED) is 0.728. The van der Waals surface area contributed by atoms with Crippen LogP contribution in [-0.2, 0) is 0 Å². The smallest absolute Gasteiger partial charge is 0.253 e. The van der Waals surface area contributed by atoms with Gasteiger partial charge in [0.1, 0.15) is 11.6 Å². The second-order valence-electron chi connectivity index (χ2n) is 6.75. The van der Waals surface area contributed by atoms with Crippen molar-refractivity contribution in [3.05, 3.63) is 36.7 Å². The number of hydrogen-bond donors (Lipinski definition) is 0. The third-order valence-corrected chi connectivity index (χ3v) is 4.62. The van der Waals surface area contributed by atoms with Crippen LogP contribution in [0.5, 0.6) is 5.75 Å². The molecule has 3 aromatic rings. The summed E-state index contributed by atoms with van der Waals surface area (Å²) in [6.07, 6.45) is 10.0. The number of nitrogens with zero attached hydrogens (tertiary/aromatic N) is 5. The van der Waals surface area contributed by atoms with Crippen molar-refractivity contribution in [1.29, 1.82) is 0 Å². The Bertz CT molecular complexity index is 854. The van der Waals surface area contributed by atoms with Crippen LogP contribution in [0.4, 0.5) is 5.82 Å². The van der Waals surface area contributed by atoms with Crippen LogP contribution in [0, 0.1) is 0 Å². The Hall–Kier alpha value is -2.63. The van der Waals surface area contributed by atoms with Crippen LogP contribution < -0.4 is 9.64 Å². The number of benzene rings is 1. The van der Waals surface area contributed by atoms with Crippen molar-refractivity contribution in [2.75, 3.05) is 19.0 Å². The van der Waals surface area contributed by atoms with Gasteiger partial charge in [-0.05, 0) is 49.9 Å². The van der Waals surface area contributed by atoms with E-state index >= 15 is 0 Å². The number of rotatable bonds is 4. The van der Waals surface area contributed by atoms with Crippen molar-refractivity contribution in [1.82, 2.24) is 19.7 Å². The van der Waals surface area contributed by atoms with Gasteiger partial charge in [0.15, 0.2) is 0 Å². The Balaban J connectivity index is 1.73. The summed E-state index contributed by atoms with van der Waals surface area (Å²) in [7, 11) is 3.98. The molecule has 2 aromatic heterocycles. The van der Waals surface area contributed by atoms with E-state index in [0.717, 1.165) is 35.3 Å². The lowest BCUT2D eigenvalue weighted by atomic mass is 9.98. The fourth-order valence-corrected chi connectivity index (χ4v) is 3.36. The summed E-state index contributed by atoms with van der Waals surface area (Å²) < 4.78 is 7.89. The molecule has 4 rings (SSSR count). The molecule has 1 aliphatic rings. The van der Waals surface area contributed by atoms with Crippen LogP contribution in [0.15, 0.2) is 36.7 Å². The zero-order valence-electron chi connectivity index (χ0n) is 14.7. The van der Waals surface area contributed by atoms with Gasteiger partial charge >= 0.3 is 0 Å². The number of aromatic nitrogens is 4. The van der Waals surface area contributed by atoms with Gasteiger partial charge in [-0.3, -0.25) is 0 Å². The van der Waals surface area contributed by atoms with Gasteiger partial charge in [0.05, 0.1) is 11.6 Å². The molecule has 0 unspecified atom stereocenters. The molecular weight excluding hydrogens is 314 g/mol. The highest BCUT2D eigenvalue weighted by molar-refractivity contribution is 5.91. The van der Waals surface area contributed by atoms with Gasteiger partial charge in [0.2, 0.25) is 0 Å². The lowest BCUT2D eigenvalue weighted by Gasteiger charge is -2.23. The van der Waals surface area contributed by atoms with Gasteiger partial charge in [-0.2, -0.15) is 10.1 Å². The summed E-state index contributed by atoms with van der Waals surface area (Å²) in [5.74, 6) is 2.34. The van der Waals surface area contributed by atoms with Gasteiger partial charge < -0.3 is 9.64 Å². The second-order valence-corrected chi connectivity index (χ2v) is 6.75. The minimum Gasteiger partial charge on any atom is -0.490 e. The molecule has 0 bridgehead atoms. The normalized spacial score (nSPS) is 15.4. The molecule has 0 radical (unpaired) electrons. The van der Waals surface area contributed by atoms with Crippen molar-refractivity contribution in [3.63, 3.8) is 0 Å². The largest absolute Gasteiger partial charge is 0.490 e.